The summed E-state index contributed by atoms with van der Waals surface area (Å²) in [5.41, 5.74) is 1.03. The van der Waals surface area contributed by atoms with Crippen LogP contribution in [-0.2, 0) is 7.05 Å². The highest BCUT2D eigenvalue weighted by Gasteiger charge is 2.21. The lowest BCUT2D eigenvalue weighted by atomic mass is 10.2. The fourth-order valence-corrected chi connectivity index (χ4v) is 2.30. The molecule has 0 aromatic carbocycles. The van der Waals surface area contributed by atoms with Crippen molar-refractivity contribution in [3.63, 3.8) is 0 Å². The number of rotatable bonds is 4. The quantitative estimate of drug-likeness (QED) is 0.932. The van der Waals surface area contributed by atoms with Crippen LogP contribution in [0.3, 0.4) is 0 Å². The molecule has 5 nitrogen and oxygen atoms in total. The minimum atomic E-state index is -0.0527. The summed E-state index contributed by atoms with van der Waals surface area (Å²) in [6, 6.07) is 1.76. The molecule has 0 aliphatic carbocycles. The SMILES string of the molecule is CCNC(c1ncccn1)c1c(Br)cnn1C. The normalized spacial score (nSPS) is 12.6. The molecular weight excluding hydrogens is 282 g/mol. The Morgan fingerprint density at radius 3 is 2.65 bits per heavy atom. The number of nitrogens with zero attached hydrogens (tertiary/aromatic N) is 4. The molecule has 0 amide bonds. The van der Waals surface area contributed by atoms with E-state index >= 15 is 0 Å². The Hall–Kier alpha value is -1.27. The molecular formula is C11H14BrN5. The van der Waals surface area contributed by atoms with E-state index in [0.717, 1.165) is 22.5 Å². The van der Waals surface area contributed by atoms with Crippen molar-refractivity contribution in [1.82, 2.24) is 25.1 Å². The summed E-state index contributed by atoms with van der Waals surface area (Å²) < 4.78 is 2.78. The average molecular weight is 296 g/mol. The van der Waals surface area contributed by atoms with Crippen LogP contribution in [0.25, 0.3) is 0 Å². The van der Waals surface area contributed by atoms with Crippen molar-refractivity contribution in [3.8, 4) is 0 Å². The van der Waals surface area contributed by atoms with Crippen LogP contribution in [0.1, 0.15) is 24.5 Å². The largest absolute Gasteiger partial charge is 0.303 e. The van der Waals surface area contributed by atoms with Gasteiger partial charge in [-0.2, -0.15) is 5.10 Å². The van der Waals surface area contributed by atoms with Crippen molar-refractivity contribution in [1.29, 1.82) is 0 Å². The maximum absolute atomic E-state index is 4.30. The summed E-state index contributed by atoms with van der Waals surface area (Å²) in [5.74, 6) is 0.749. The van der Waals surface area contributed by atoms with Crippen molar-refractivity contribution >= 4 is 15.9 Å². The van der Waals surface area contributed by atoms with Gasteiger partial charge in [0.1, 0.15) is 6.04 Å². The second-order valence-corrected chi connectivity index (χ2v) is 4.45. The Labute approximate surface area is 108 Å². The van der Waals surface area contributed by atoms with Crippen LogP contribution in [0.15, 0.2) is 29.1 Å². The van der Waals surface area contributed by atoms with Gasteiger partial charge in [0.25, 0.3) is 0 Å². The van der Waals surface area contributed by atoms with E-state index < -0.39 is 0 Å². The Morgan fingerprint density at radius 2 is 2.12 bits per heavy atom. The lowest BCUT2D eigenvalue weighted by Crippen LogP contribution is -2.26. The van der Waals surface area contributed by atoms with E-state index in [1.807, 2.05) is 17.8 Å². The van der Waals surface area contributed by atoms with Crippen LogP contribution < -0.4 is 5.32 Å². The van der Waals surface area contributed by atoms with E-state index in [-0.39, 0.29) is 6.04 Å². The standard InChI is InChI=1S/C11H14BrN5/c1-3-13-9(11-14-5-4-6-15-11)10-8(12)7-16-17(10)2/h4-7,9,13H,3H2,1-2H3. The maximum atomic E-state index is 4.30. The summed E-state index contributed by atoms with van der Waals surface area (Å²) in [6.45, 7) is 2.89. The van der Waals surface area contributed by atoms with E-state index in [9.17, 15) is 0 Å². The van der Waals surface area contributed by atoms with Gasteiger partial charge in [-0.25, -0.2) is 9.97 Å². The second-order valence-electron chi connectivity index (χ2n) is 3.60. The molecule has 0 bridgehead atoms. The second kappa shape index (κ2) is 5.37. The van der Waals surface area contributed by atoms with Crippen LogP contribution in [0.2, 0.25) is 0 Å². The first kappa shape index (κ1) is 12.2. The Bertz CT molecular complexity index is 462. The van der Waals surface area contributed by atoms with E-state index in [1.54, 1.807) is 18.6 Å². The third-order valence-electron chi connectivity index (χ3n) is 2.46. The van der Waals surface area contributed by atoms with Gasteiger partial charge in [0.05, 0.1) is 16.4 Å². The zero-order valence-electron chi connectivity index (χ0n) is 9.76. The predicted octanol–water partition coefficient (Wildman–Crippen LogP) is 1.67. The number of nitrogens with one attached hydrogen (secondary N) is 1. The van der Waals surface area contributed by atoms with Gasteiger partial charge < -0.3 is 5.32 Å². The number of aryl methyl sites for hydroxylation is 1. The first-order chi connectivity index (χ1) is 8.24. The van der Waals surface area contributed by atoms with Crippen molar-refractivity contribution in [2.45, 2.75) is 13.0 Å². The maximum Gasteiger partial charge on any atom is 0.151 e. The topological polar surface area (TPSA) is 55.6 Å². The third kappa shape index (κ3) is 2.53. The van der Waals surface area contributed by atoms with E-state index in [0.29, 0.717) is 0 Å². The summed E-state index contributed by atoms with van der Waals surface area (Å²) in [5, 5.41) is 7.59. The highest BCUT2D eigenvalue weighted by atomic mass is 79.9. The Morgan fingerprint density at radius 1 is 1.41 bits per heavy atom. The van der Waals surface area contributed by atoms with Gasteiger partial charge in [-0.1, -0.05) is 6.92 Å². The fourth-order valence-electron chi connectivity index (χ4n) is 1.72. The molecule has 6 heteroatoms. The van der Waals surface area contributed by atoms with Gasteiger partial charge in [0.2, 0.25) is 0 Å². The summed E-state index contributed by atoms with van der Waals surface area (Å²) in [7, 11) is 1.91. The first-order valence-corrected chi connectivity index (χ1v) is 6.21. The smallest absolute Gasteiger partial charge is 0.151 e. The van der Waals surface area contributed by atoms with Crippen molar-refractivity contribution in [3.05, 3.63) is 40.6 Å². The summed E-state index contributed by atoms with van der Waals surface area (Å²) >= 11 is 3.51. The van der Waals surface area contributed by atoms with Crippen molar-refractivity contribution in [2.75, 3.05) is 6.54 Å². The van der Waals surface area contributed by atoms with Crippen LogP contribution in [0.4, 0.5) is 0 Å². The first-order valence-electron chi connectivity index (χ1n) is 5.41. The Kier molecular flexibility index (Phi) is 3.86. The lowest BCUT2D eigenvalue weighted by molar-refractivity contribution is 0.547. The molecule has 2 heterocycles. The molecule has 2 rings (SSSR count). The molecule has 0 aliphatic heterocycles. The zero-order chi connectivity index (χ0) is 12.3. The van der Waals surface area contributed by atoms with E-state index in [4.69, 9.17) is 0 Å². The number of hydrogen-bond donors (Lipinski definition) is 1. The third-order valence-corrected chi connectivity index (χ3v) is 3.07. The molecule has 1 N–H and O–H groups in total. The molecule has 1 atom stereocenters. The van der Waals surface area contributed by atoms with Crippen LogP contribution in [-0.4, -0.2) is 26.3 Å². The van der Waals surface area contributed by atoms with Gasteiger partial charge in [-0.15, -0.1) is 0 Å². The summed E-state index contributed by atoms with van der Waals surface area (Å²) in [4.78, 5) is 8.60. The average Bonchev–Trinajstić information content (AvgIpc) is 2.68. The van der Waals surface area contributed by atoms with Crippen molar-refractivity contribution in [2.24, 2.45) is 7.05 Å². The molecule has 1 unspecified atom stereocenters. The van der Waals surface area contributed by atoms with Gasteiger partial charge in [0, 0.05) is 19.4 Å². The van der Waals surface area contributed by atoms with Gasteiger partial charge in [0.15, 0.2) is 5.82 Å². The molecule has 17 heavy (non-hydrogen) atoms. The van der Waals surface area contributed by atoms with Gasteiger partial charge >= 0.3 is 0 Å². The highest BCUT2D eigenvalue weighted by molar-refractivity contribution is 9.10. The summed E-state index contributed by atoms with van der Waals surface area (Å²) in [6.07, 6.45) is 5.27. The monoisotopic (exact) mass is 295 g/mol. The molecule has 0 fully saturated rings. The highest BCUT2D eigenvalue weighted by Crippen LogP contribution is 2.25. The molecule has 0 saturated carbocycles. The molecule has 0 saturated heterocycles. The number of halogens is 1. The molecule has 2 aromatic heterocycles. The molecule has 2 aromatic rings. The number of aromatic nitrogens is 4. The van der Waals surface area contributed by atoms with Crippen molar-refractivity contribution < 1.29 is 0 Å². The molecule has 0 aliphatic rings. The van der Waals surface area contributed by atoms with E-state index in [1.165, 1.54) is 0 Å². The minimum absolute atomic E-state index is 0.0527. The number of hydrogen-bond acceptors (Lipinski definition) is 4. The van der Waals surface area contributed by atoms with Gasteiger partial charge in [-0.05, 0) is 28.5 Å². The van der Waals surface area contributed by atoms with Crippen LogP contribution in [0.5, 0.6) is 0 Å². The molecule has 0 spiro atoms. The lowest BCUT2D eigenvalue weighted by Gasteiger charge is -2.17. The van der Waals surface area contributed by atoms with E-state index in [2.05, 4.69) is 43.2 Å². The van der Waals surface area contributed by atoms with Crippen LogP contribution >= 0.6 is 15.9 Å². The van der Waals surface area contributed by atoms with Gasteiger partial charge in [-0.3, -0.25) is 4.68 Å². The molecule has 90 valence electrons. The Balaban J connectivity index is 2.43. The zero-order valence-corrected chi connectivity index (χ0v) is 11.3. The van der Waals surface area contributed by atoms with Crippen LogP contribution in [0, 0.1) is 0 Å². The fraction of sp³-hybridized carbons (Fsp3) is 0.364. The molecule has 0 radical (unpaired) electrons. The predicted molar refractivity (Wildman–Crippen MR) is 68.5 cm³/mol. The minimum Gasteiger partial charge on any atom is -0.303 e.